The number of sulfonamides is 1. The number of rotatable bonds is 6. The molecule has 18 heavy (non-hydrogen) atoms. The molecule has 0 amide bonds. The normalized spacial score (nSPS) is 10.7. The fraction of sp³-hybridized carbons (Fsp3) is 0.364. The van der Waals surface area contributed by atoms with E-state index in [0.29, 0.717) is 5.75 Å². The molecule has 0 saturated heterocycles. The maximum atomic E-state index is 11.9. The summed E-state index contributed by atoms with van der Waals surface area (Å²) in [7, 11) is -0.824. The van der Waals surface area contributed by atoms with Crippen molar-refractivity contribution in [1.29, 1.82) is 5.26 Å². The molecule has 1 N–H and O–H groups in total. The molecule has 1 rings (SSSR count). The first-order valence-electron chi connectivity index (χ1n) is 5.14. The molecule has 0 fully saturated rings. The highest BCUT2D eigenvalue weighted by molar-refractivity contribution is 7.89. The molecule has 0 radical (unpaired) electrons. The van der Waals surface area contributed by atoms with Gasteiger partial charge in [0.2, 0.25) is 10.0 Å². The molecule has 0 bridgehead atoms. The fourth-order valence-electron chi connectivity index (χ4n) is 1.32. The topological polar surface area (TPSA) is 88.4 Å². The Balaban J connectivity index is 3.05. The Morgan fingerprint density at radius 1 is 1.33 bits per heavy atom. The molecule has 0 unspecified atom stereocenters. The zero-order chi connectivity index (χ0) is 13.6. The van der Waals surface area contributed by atoms with E-state index >= 15 is 0 Å². The Morgan fingerprint density at radius 2 is 2.06 bits per heavy atom. The molecule has 0 spiro atoms. The van der Waals surface area contributed by atoms with Gasteiger partial charge >= 0.3 is 0 Å². The van der Waals surface area contributed by atoms with E-state index in [1.807, 2.05) is 6.07 Å². The van der Waals surface area contributed by atoms with Crippen LogP contribution < -0.4 is 14.2 Å². The molecular formula is C11H14N2O4S. The van der Waals surface area contributed by atoms with Crippen molar-refractivity contribution in [3.63, 3.8) is 0 Å². The summed E-state index contributed by atoms with van der Waals surface area (Å²) in [6, 6.07) is 6.27. The van der Waals surface area contributed by atoms with E-state index in [4.69, 9.17) is 14.7 Å². The Bertz CT molecular complexity index is 549. The first kappa shape index (κ1) is 14.3. The molecule has 1 aromatic rings. The predicted molar refractivity (Wildman–Crippen MR) is 65.0 cm³/mol. The van der Waals surface area contributed by atoms with Gasteiger partial charge in [0.15, 0.2) is 0 Å². The molecule has 0 atom stereocenters. The van der Waals surface area contributed by atoms with E-state index < -0.39 is 10.0 Å². The summed E-state index contributed by atoms with van der Waals surface area (Å²) in [6.07, 6.45) is 0.109. The van der Waals surface area contributed by atoms with Crippen LogP contribution >= 0.6 is 0 Å². The van der Waals surface area contributed by atoms with Crippen molar-refractivity contribution in [1.82, 2.24) is 4.72 Å². The van der Waals surface area contributed by atoms with Gasteiger partial charge in [-0.05, 0) is 12.1 Å². The van der Waals surface area contributed by atoms with Crippen LogP contribution in [0, 0.1) is 11.3 Å². The Morgan fingerprint density at radius 3 is 2.61 bits per heavy atom. The lowest BCUT2D eigenvalue weighted by atomic mass is 10.3. The zero-order valence-electron chi connectivity index (χ0n) is 10.1. The number of nitrogens with zero attached hydrogens (tertiary/aromatic N) is 1. The smallest absolute Gasteiger partial charge is 0.244 e. The van der Waals surface area contributed by atoms with E-state index in [0.717, 1.165) is 0 Å². The molecule has 0 saturated carbocycles. The third-order valence-electron chi connectivity index (χ3n) is 2.19. The molecule has 7 heteroatoms. The first-order chi connectivity index (χ1) is 8.55. The van der Waals surface area contributed by atoms with E-state index in [1.54, 1.807) is 0 Å². The molecule has 0 aromatic heterocycles. The molecular weight excluding hydrogens is 256 g/mol. The Labute approximate surface area is 106 Å². The van der Waals surface area contributed by atoms with Crippen molar-refractivity contribution < 1.29 is 17.9 Å². The van der Waals surface area contributed by atoms with Gasteiger partial charge in [0.1, 0.15) is 16.4 Å². The van der Waals surface area contributed by atoms with Crippen molar-refractivity contribution in [2.45, 2.75) is 11.3 Å². The SMILES string of the molecule is COc1ccc(S(=O)(=O)NCCC#N)c(OC)c1. The summed E-state index contributed by atoms with van der Waals surface area (Å²) in [6.45, 7) is 0.0635. The van der Waals surface area contributed by atoms with E-state index in [-0.39, 0.29) is 23.6 Å². The van der Waals surface area contributed by atoms with Gasteiger partial charge in [0, 0.05) is 19.0 Å². The van der Waals surface area contributed by atoms with Crippen LogP contribution in [0.5, 0.6) is 11.5 Å². The van der Waals surface area contributed by atoms with Gasteiger partial charge in [-0.15, -0.1) is 0 Å². The monoisotopic (exact) mass is 270 g/mol. The lowest BCUT2D eigenvalue weighted by Crippen LogP contribution is -2.25. The van der Waals surface area contributed by atoms with Crippen LogP contribution in [0.4, 0.5) is 0 Å². The van der Waals surface area contributed by atoms with Crippen LogP contribution in [0.3, 0.4) is 0 Å². The number of methoxy groups -OCH3 is 2. The van der Waals surface area contributed by atoms with Crippen molar-refractivity contribution in [2.75, 3.05) is 20.8 Å². The summed E-state index contributed by atoms with van der Waals surface area (Å²) in [5.74, 6) is 0.696. The van der Waals surface area contributed by atoms with Crippen molar-refractivity contribution in [3.8, 4) is 17.6 Å². The minimum Gasteiger partial charge on any atom is -0.497 e. The summed E-state index contributed by atoms with van der Waals surface area (Å²) in [5, 5.41) is 8.38. The van der Waals surface area contributed by atoms with E-state index in [9.17, 15) is 8.42 Å². The molecule has 0 aliphatic rings. The fourth-order valence-corrected chi connectivity index (χ4v) is 2.50. The van der Waals surface area contributed by atoms with Crippen molar-refractivity contribution in [3.05, 3.63) is 18.2 Å². The lowest BCUT2D eigenvalue weighted by Gasteiger charge is -2.11. The summed E-state index contributed by atoms with van der Waals surface area (Å²) < 4.78 is 36.2. The Kier molecular flexibility index (Phi) is 4.95. The largest absolute Gasteiger partial charge is 0.497 e. The summed E-state index contributed by atoms with van der Waals surface area (Å²) in [5.41, 5.74) is 0. The highest BCUT2D eigenvalue weighted by Gasteiger charge is 2.19. The zero-order valence-corrected chi connectivity index (χ0v) is 11.0. The second-order valence-corrected chi connectivity index (χ2v) is 5.06. The predicted octanol–water partition coefficient (Wildman–Crippen LogP) is 0.896. The van der Waals surface area contributed by atoms with Crippen LogP contribution in [0.2, 0.25) is 0 Å². The van der Waals surface area contributed by atoms with Gasteiger partial charge in [-0.3, -0.25) is 0 Å². The number of hydrogen-bond acceptors (Lipinski definition) is 5. The van der Waals surface area contributed by atoms with Crippen LogP contribution in [-0.4, -0.2) is 29.2 Å². The average molecular weight is 270 g/mol. The lowest BCUT2D eigenvalue weighted by molar-refractivity contribution is 0.386. The number of benzene rings is 1. The molecule has 1 aromatic carbocycles. The summed E-state index contributed by atoms with van der Waals surface area (Å²) in [4.78, 5) is 0.0174. The van der Waals surface area contributed by atoms with E-state index in [1.165, 1.54) is 32.4 Å². The first-order valence-corrected chi connectivity index (χ1v) is 6.62. The summed E-state index contributed by atoms with van der Waals surface area (Å²) >= 11 is 0. The van der Waals surface area contributed by atoms with Gasteiger partial charge < -0.3 is 9.47 Å². The molecule has 0 heterocycles. The second-order valence-electron chi connectivity index (χ2n) is 3.32. The molecule has 6 nitrogen and oxygen atoms in total. The third-order valence-corrected chi connectivity index (χ3v) is 3.69. The van der Waals surface area contributed by atoms with Gasteiger partial charge in [0.05, 0.1) is 20.3 Å². The van der Waals surface area contributed by atoms with Crippen LogP contribution in [0.1, 0.15) is 6.42 Å². The Hall–Kier alpha value is -1.78. The standard InChI is InChI=1S/C11H14N2O4S/c1-16-9-4-5-11(10(8-9)17-2)18(14,15)13-7-3-6-12/h4-5,8,13H,3,7H2,1-2H3. The van der Waals surface area contributed by atoms with Crippen molar-refractivity contribution >= 4 is 10.0 Å². The van der Waals surface area contributed by atoms with Gasteiger partial charge in [-0.2, -0.15) is 5.26 Å². The number of ether oxygens (including phenoxy) is 2. The van der Waals surface area contributed by atoms with E-state index in [2.05, 4.69) is 4.72 Å². The second kappa shape index (κ2) is 6.23. The number of nitriles is 1. The number of hydrogen-bond donors (Lipinski definition) is 1. The maximum absolute atomic E-state index is 11.9. The van der Waals surface area contributed by atoms with Crippen LogP contribution in [-0.2, 0) is 10.0 Å². The highest BCUT2D eigenvalue weighted by Crippen LogP contribution is 2.28. The quantitative estimate of drug-likeness (QED) is 0.776. The van der Waals surface area contributed by atoms with Gasteiger partial charge in [-0.25, -0.2) is 13.1 Å². The molecule has 98 valence electrons. The van der Waals surface area contributed by atoms with Gasteiger partial charge in [-0.1, -0.05) is 0 Å². The molecule has 0 aliphatic heterocycles. The third kappa shape index (κ3) is 3.35. The molecule has 0 aliphatic carbocycles. The minimum atomic E-state index is -3.68. The van der Waals surface area contributed by atoms with Crippen LogP contribution in [0.15, 0.2) is 23.1 Å². The number of nitrogens with one attached hydrogen (secondary N) is 1. The van der Waals surface area contributed by atoms with Gasteiger partial charge in [0.25, 0.3) is 0 Å². The maximum Gasteiger partial charge on any atom is 0.244 e. The highest BCUT2D eigenvalue weighted by atomic mass is 32.2. The van der Waals surface area contributed by atoms with Crippen molar-refractivity contribution in [2.24, 2.45) is 0 Å². The van der Waals surface area contributed by atoms with Crippen LogP contribution in [0.25, 0.3) is 0 Å². The minimum absolute atomic E-state index is 0.0174. The average Bonchev–Trinajstić information content (AvgIpc) is 2.38.